The lowest BCUT2D eigenvalue weighted by atomic mass is 9.77. The Kier molecular flexibility index (Phi) is 3.82. The third kappa shape index (κ3) is 2.32. The molecule has 130 valence electrons. The van der Waals surface area contributed by atoms with Crippen molar-refractivity contribution in [3.05, 3.63) is 57.3 Å². The van der Waals surface area contributed by atoms with E-state index in [4.69, 9.17) is 27.8 Å². The first-order valence-electron chi connectivity index (χ1n) is 8.20. The molecule has 1 aromatic heterocycles. The van der Waals surface area contributed by atoms with Crippen LogP contribution in [0.3, 0.4) is 0 Å². The number of halogens is 1. The standard InChI is InChI=1S/C19H15ClN4O2/c20-11-5-2-1-4-9(11)14-15-12(25)6-3-7-13(15)26-19-16(14)17(22)10(8-21)18(23)24-19/h1-2,4-5,14H,3,6-7H2,(H4,22,23,24)/t14-/m1/s1. The maximum atomic E-state index is 12.7. The van der Waals surface area contributed by atoms with E-state index in [1.807, 2.05) is 24.3 Å². The number of nitrogens with zero attached hydrogens (tertiary/aromatic N) is 2. The number of Topliss-reactive ketones (excluding diaryl/α,β-unsaturated/α-hetero) is 1. The predicted molar refractivity (Wildman–Crippen MR) is 97.6 cm³/mol. The molecule has 0 saturated heterocycles. The fraction of sp³-hybridized carbons (Fsp3) is 0.211. The quantitative estimate of drug-likeness (QED) is 0.800. The second-order valence-electron chi connectivity index (χ2n) is 6.29. The number of carbonyl (C=O) groups is 1. The average molecular weight is 367 g/mol. The van der Waals surface area contributed by atoms with E-state index >= 15 is 0 Å². The molecule has 2 aromatic rings. The normalized spacial score (nSPS) is 18.6. The van der Waals surface area contributed by atoms with E-state index in [1.54, 1.807) is 6.07 Å². The molecule has 1 aliphatic carbocycles. The lowest BCUT2D eigenvalue weighted by molar-refractivity contribution is -0.116. The number of rotatable bonds is 1. The highest BCUT2D eigenvalue weighted by atomic mass is 35.5. The van der Waals surface area contributed by atoms with Gasteiger partial charge in [0.25, 0.3) is 0 Å². The van der Waals surface area contributed by atoms with Crippen molar-refractivity contribution in [3.63, 3.8) is 0 Å². The van der Waals surface area contributed by atoms with Crippen molar-refractivity contribution in [2.24, 2.45) is 0 Å². The fourth-order valence-corrected chi connectivity index (χ4v) is 3.88. The zero-order valence-electron chi connectivity index (χ0n) is 13.8. The molecule has 0 saturated carbocycles. The molecule has 0 fully saturated rings. The van der Waals surface area contributed by atoms with Gasteiger partial charge in [-0.2, -0.15) is 10.2 Å². The van der Waals surface area contributed by atoms with E-state index in [-0.39, 0.29) is 28.7 Å². The minimum absolute atomic E-state index is 0.00319. The number of carbonyl (C=O) groups excluding carboxylic acids is 1. The summed E-state index contributed by atoms with van der Waals surface area (Å²) >= 11 is 6.43. The second-order valence-corrected chi connectivity index (χ2v) is 6.69. The van der Waals surface area contributed by atoms with Crippen LogP contribution in [0, 0.1) is 11.3 Å². The van der Waals surface area contributed by atoms with E-state index in [2.05, 4.69) is 4.98 Å². The van der Waals surface area contributed by atoms with E-state index < -0.39 is 5.92 Å². The summed E-state index contributed by atoms with van der Waals surface area (Å²) in [5.74, 6) is 0.284. The molecule has 2 heterocycles. The van der Waals surface area contributed by atoms with Crippen LogP contribution < -0.4 is 16.2 Å². The summed E-state index contributed by atoms with van der Waals surface area (Å²) in [6.07, 6.45) is 1.78. The molecule has 26 heavy (non-hydrogen) atoms. The van der Waals surface area contributed by atoms with Crippen LogP contribution in [0.15, 0.2) is 35.6 Å². The molecule has 1 atom stereocenters. The van der Waals surface area contributed by atoms with Gasteiger partial charge in [0.1, 0.15) is 23.2 Å². The van der Waals surface area contributed by atoms with Crippen LogP contribution in [0.2, 0.25) is 5.02 Å². The van der Waals surface area contributed by atoms with Crippen molar-refractivity contribution < 1.29 is 9.53 Å². The van der Waals surface area contributed by atoms with Gasteiger partial charge in [0.15, 0.2) is 5.78 Å². The number of hydrogen-bond donors (Lipinski definition) is 2. The van der Waals surface area contributed by atoms with Crippen molar-refractivity contribution >= 4 is 28.9 Å². The van der Waals surface area contributed by atoms with Gasteiger partial charge < -0.3 is 16.2 Å². The van der Waals surface area contributed by atoms with Crippen molar-refractivity contribution in [1.82, 2.24) is 4.98 Å². The first kappa shape index (κ1) is 16.4. The number of ether oxygens (including phenoxy) is 1. The Labute approximate surface area is 155 Å². The molecule has 4 N–H and O–H groups in total. The molecule has 0 unspecified atom stereocenters. The number of hydrogen-bond acceptors (Lipinski definition) is 6. The van der Waals surface area contributed by atoms with E-state index in [9.17, 15) is 10.1 Å². The smallest absolute Gasteiger partial charge is 0.227 e. The highest BCUT2D eigenvalue weighted by molar-refractivity contribution is 6.31. The van der Waals surface area contributed by atoms with Crippen molar-refractivity contribution in [1.29, 1.82) is 5.26 Å². The third-order valence-corrected chi connectivity index (χ3v) is 5.15. The summed E-state index contributed by atoms with van der Waals surface area (Å²) in [6.45, 7) is 0. The summed E-state index contributed by atoms with van der Waals surface area (Å²) in [7, 11) is 0. The Bertz CT molecular complexity index is 1020. The first-order valence-corrected chi connectivity index (χ1v) is 8.58. The molecule has 4 rings (SSSR count). The minimum atomic E-state index is -0.532. The van der Waals surface area contributed by atoms with Crippen molar-refractivity contribution in [2.75, 3.05) is 11.5 Å². The lowest BCUT2D eigenvalue weighted by Crippen LogP contribution is -2.27. The second kappa shape index (κ2) is 6.04. The maximum Gasteiger partial charge on any atom is 0.227 e. The number of nitrogen functional groups attached to an aromatic ring is 2. The lowest BCUT2D eigenvalue weighted by Gasteiger charge is -2.33. The van der Waals surface area contributed by atoms with Gasteiger partial charge >= 0.3 is 0 Å². The average Bonchev–Trinajstić information content (AvgIpc) is 2.61. The SMILES string of the molecule is N#Cc1c(N)nc2c(c1N)[C@H](c1ccccc1Cl)C1=C(CCCC1=O)O2. The van der Waals surface area contributed by atoms with Crippen LogP contribution in [0.1, 0.15) is 41.9 Å². The van der Waals surface area contributed by atoms with Crippen LogP contribution >= 0.6 is 11.6 Å². The van der Waals surface area contributed by atoms with Gasteiger partial charge in [-0.3, -0.25) is 4.79 Å². The molecular formula is C19H15ClN4O2. The molecule has 7 heteroatoms. The summed E-state index contributed by atoms with van der Waals surface area (Å²) in [6, 6.07) is 9.24. The fourth-order valence-electron chi connectivity index (χ4n) is 3.63. The Hall–Kier alpha value is -3.04. The number of ketones is 1. The highest BCUT2D eigenvalue weighted by Gasteiger charge is 2.40. The Morgan fingerprint density at radius 1 is 1.27 bits per heavy atom. The summed E-state index contributed by atoms with van der Waals surface area (Å²) in [4.78, 5) is 17.0. The minimum Gasteiger partial charge on any atom is -0.442 e. The largest absolute Gasteiger partial charge is 0.442 e. The predicted octanol–water partition coefficient (Wildman–Crippen LogP) is 3.30. The zero-order chi connectivity index (χ0) is 18.4. The topological polar surface area (TPSA) is 115 Å². The van der Waals surface area contributed by atoms with E-state index in [0.29, 0.717) is 41.2 Å². The number of nitrogens with two attached hydrogens (primary N) is 2. The van der Waals surface area contributed by atoms with Gasteiger partial charge in [-0.05, 0) is 18.1 Å². The van der Waals surface area contributed by atoms with Gasteiger partial charge in [-0.1, -0.05) is 29.8 Å². The summed E-state index contributed by atoms with van der Waals surface area (Å²) in [5, 5.41) is 9.91. The van der Waals surface area contributed by atoms with Crippen LogP contribution in [-0.2, 0) is 4.79 Å². The van der Waals surface area contributed by atoms with Gasteiger partial charge in [-0.15, -0.1) is 0 Å². The van der Waals surface area contributed by atoms with Crippen LogP contribution in [-0.4, -0.2) is 10.8 Å². The number of nitriles is 1. The molecule has 2 aliphatic rings. The zero-order valence-corrected chi connectivity index (χ0v) is 14.5. The van der Waals surface area contributed by atoms with Crippen LogP contribution in [0.25, 0.3) is 0 Å². The monoisotopic (exact) mass is 366 g/mol. The summed E-state index contributed by atoms with van der Waals surface area (Å²) in [5.41, 5.74) is 14.1. The first-order chi connectivity index (χ1) is 12.5. The molecule has 0 radical (unpaired) electrons. The molecule has 0 amide bonds. The molecule has 0 bridgehead atoms. The number of fused-ring (bicyclic) bond motifs is 1. The molecule has 1 aliphatic heterocycles. The number of anilines is 2. The number of benzene rings is 1. The Morgan fingerprint density at radius 2 is 2.04 bits per heavy atom. The van der Waals surface area contributed by atoms with Gasteiger partial charge in [-0.25, -0.2) is 0 Å². The molecule has 0 spiro atoms. The van der Waals surface area contributed by atoms with Crippen molar-refractivity contribution in [3.8, 4) is 11.9 Å². The third-order valence-electron chi connectivity index (χ3n) is 4.80. The maximum absolute atomic E-state index is 12.7. The molecule has 6 nitrogen and oxygen atoms in total. The van der Waals surface area contributed by atoms with Gasteiger partial charge in [0.2, 0.25) is 5.88 Å². The van der Waals surface area contributed by atoms with Crippen LogP contribution in [0.5, 0.6) is 5.88 Å². The van der Waals surface area contributed by atoms with Gasteiger partial charge in [0.05, 0.1) is 11.3 Å². The molecule has 1 aromatic carbocycles. The Balaban J connectivity index is 2.06. The number of pyridine rings is 1. The van der Waals surface area contributed by atoms with E-state index in [1.165, 1.54) is 0 Å². The van der Waals surface area contributed by atoms with Gasteiger partial charge in [0, 0.05) is 29.4 Å². The number of allylic oxidation sites excluding steroid dienone is 2. The number of aromatic nitrogens is 1. The van der Waals surface area contributed by atoms with E-state index in [0.717, 1.165) is 5.56 Å². The van der Waals surface area contributed by atoms with Crippen molar-refractivity contribution in [2.45, 2.75) is 25.2 Å². The summed E-state index contributed by atoms with van der Waals surface area (Å²) < 4.78 is 5.89. The van der Waals surface area contributed by atoms with Crippen LogP contribution in [0.4, 0.5) is 11.5 Å². The Morgan fingerprint density at radius 3 is 2.77 bits per heavy atom. The highest BCUT2D eigenvalue weighted by Crippen LogP contribution is 2.50. The molecular weight excluding hydrogens is 352 g/mol.